The fourth-order valence-electron chi connectivity index (χ4n) is 1.15. The van der Waals surface area contributed by atoms with Crippen molar-refractivity contribution in [2.24, 2.45) is 0 Å². The molecule has 0 unspecified atom stereocenters. The number of hydrogen-bond donors (Lipinski definition) is 1. The molecule has 1 aliphatic rings. The fraction of sp³-hybridized carbons (Fsp3) is 0.250. The van der Waals surface area contributed by atoms with E-state index in [1.54, 1.807) is 11.8 Å². The Morgan fingerprint density at radius 2 is 2.08 bits per heavy atom. The Morgan fingerprint density at radius 3 is 2.83 bits per heavy atom. The monoisotopic (exact) mass is 183 g/mol. The number of fused-ring (bicyclic) bond motifs is 1. The first kappa shape index (κ1) is 7.61. The third-order valence-corrected chi connectivity index (χ3v) is 2.49. The third-order valence-electron chi connectivity index (χ3n) is 1.73. The molecule has 12 heavy (non-hydrogen) atoms. The van der Waals surface area contributed by atoms with E-state index in [2.05, 4.69) is 0 Å². The van der Waals surface area contributed by atoms with Crippen LogP contribution in [0.1, 0.15) is 0 Å². The number of anilines is 1. The minimum absolute atomic E-state index is 0.275. The summed E-state index contributed by atoms with van der Waals surface area (Å²) in [6.45, 7) is 0.275. The molecule has 1 aromatic carbocycles. The maximum Gasteiger partial charge on any atom is 0.231 e. The lowest BCUT2D eigenvalue weighted by atomic mass is 10.3. The topological polar surface area (TPSA) is 44.5 Å². The smallest absolute Gasteiger partial charge is 0.231 e. The summed E-state index contributed by atoms with van der Waals surface area (Å²) in [7, 11) is 0. The largest absolute Gasteiger partial charge is 0.452 e. The highest BCUT2D eigenvalue weighted by atomic mass is 32.2. The molecule has 0 amide bonds. The average molecular weight is 183 g/mol. The fourth-order valence-corrected chi connectivity index (χ4v) is 1.69. The van der Waals surface area contributed by atoms with Crippen LogP contribution in [-0.4, -0.2) is 13.0 Å². The van der Waals surface area contributed by atoms with Crippen molar-refractivity contribution in [2.75, 3.05) is 18.8 Å². The molecule has 0 atom stereocenters. The molecule has 0 radical (unpaired) electrons. The maximum absolute atomic E-state index is 5.68. The first-order chi connectivity index (χ1) is 5.83. The second-order valence-corrected chi connectivity index (χ2v) is 3.27. The van der Waals surface area contributed by atoms with Crippen LogP contribution in [0.25, 0.3) is 0 Å². The van der Waals surface area contributed by atoms with Crippen molar-refractivity contribution >= 4 is 17.4 Å². The zero-order valence-electron chi connectivity index (χ0n) is 6.66. The molecule has 0 saturated carbocycles. The minimum atomic E-state index is 0.275. The van der Waals surface area contributed by atoms with Gasteiger partial charge in [0, 0.05) is 0 Å². The van der Waals surface area contributed by atoms with Gasteiger partial charge >= 0.3 is 0 Å². The number of nitrogen functional groups attached to an aromatic ring is 1. The highest BCUT2D eigenvalue weighted by Crippen LogP contribution is 2.43. The summed E-state index contributed by atoms with van der Waals surface area (Å²) in [5.74, 6) is 1.46. The molecule has 2 rings (SSSR count). The van der Waals surface area contributed by atoms with E-state index >= 15 is 0 Å². The van der Waals surface area contributed by atoms with Gasteiger partial charge in [-0.2, -0.15) is 0 Å². The van der Waals surface area contributed by atoms with Gasteiger partial charge < -0.3 is 15.2 Å². The van der Waals surface area contributed by atoms with Crippen LogP contribution in [0.3, 0.4) is 0 Å². The van der Waals surface area contributed by atoms with E-state index in [0.717, 1.165) is 10.6 Å². The summed E-state index contributed by atoms with van der Waals surface area (Å²) in [6, 6.07) is 3.77. The van der Waals surface area contributed by atoms with Crippen molar-refractivity contribution < 1.29 is 9.47 Å². The van der Waals surface area contributed by atoms with Crippen molar-refractivity contribution in [1.29, 1.82) is 0 Å². The van der Waals surface area contributed by atoms with Crippen molar-refractivity contribution in [1.82, 2.24) is 0 Å². The predicted octanol–water partition coefficient (Wildman–Crippen LogP) is 1.72. The van der Waals surface area contributed by atoms with Crippen LogP contribution in [0.2, 0.25) is 0 Å². The molecular weight excluding hydrogens is 174 g/mol. The van der Waals surface area contributed by atoms with E-state index in [1.165, 1.54) is 0 Å². The van der Waals surface area contributed by atoms with Crippen LogP contribution in [-0.2, 0) is 0 Å². The van der Waals surface area contributed by atoms with Gasteiger partial charge in [0.05, 0.1) is 10.6 Å². The van der Waals surface area contributed by atoms with Gasteiger partial charge in [-0.1, -0.05) is 0 Å². The highest BCUT2D eigenvalue weighted by molar-refractivity contribution is 7.98. The standard InChI is InChI=1S/C8H9NO2S/c1-12-6-3-2-5(9)7-8(6)11-4-10-7/h2-3H,4,9H2,1H3. The molecule has 3 nitrogen and oxygen atoms in total. The number of rotatable bonds is 1. The summed E-state index contributed by atoms with van der Waals surface area (Å²) >= 11 is 1.62. The van der Waals surface area contributed by atoms with Gasteiger partial charge in [-0.25, -0.2) is 0 Å². The number of thioether (sulfide) groups is 1. The summed E-state index contributed by atoms with van der Waals surface area (Å²) in [4.78, 5) is 1.07. The Balaban J connectivity index is 2.57. The molecule has 0 spiro atoms. The highest BCUT2D eigenvalue weighted by Gasteiger charge is 2.19. The summed E-state index contributed by atoms with van der Waals surface area (Å²) in [5.41, 5.74) is 6.32. The van der Waals surface area contributed by atoms with Gasteiger partial charge in [0.1, 0.15) is 0 Å². The normalized spacial score (nSPS) is 13.4. The van der Waals surface area contributed by atoms with Crippen molar-refractivity contribution in [3.8, 4) is 11.5 Å². The molecule has 64 valence electrons. The van der Waals surface area contributed by atoms with E-state index in [9.17, 15) is 0 Å². The number of hydrogen-bond acceptors (Lipinski definition) is 4. The van der Waals surface area contributed by atoms with Crippen LogP contribution < -0.4 is 15.2 Å². The third kappa shape index (κ3) is 0.992. The van der Waals surface area contributed by atoms with Crippen LogP contribution in [0.5, 0.6) is 11.5 Å². The van der Waals surface area contributed by atoms with E-state index < -0.39 is 0 Å². The van der Waals surface area contributed by atoms with E-state index in [0.29, 0.717) is 11.4 Å². The minimum Gasteiger partial charge on any atom is -0.452 e. The lowest BCUT2D eigenvalue weighted by Gasteiger charge is -2.03. The molecule has 0 saturated heterocycles. The van der Waals surface area contributed by atoms with E-state index in [4.69, 9.17) is 15.2 Å². The summed E-state index contributed by atoms with van der Waals surface area (Å²) in [6.07, 6.45) is 1.99. The van der Waals surface area contributed by atoms with Crippen molar-refractivity contribution in [2.45, 2.75) is 4.90 Å². The SMILES string of the molecule is CSc1ccc(N)c2c1OCO2. The molecule has 0 fully saturated rings. The van der Waals surface area contributed by atoms with E-state index in [-0.39, 0.29) is 6.79 Å². The Morgan fingerprint density at radius 1 is 1.33 bits per heavy atom. The van der Waals surface area contributed by atoms with Crippen LogP contribution in [0, 0.1) is 0 Å². The molecule has 4 heteroatoms. The lowest BCUT2D eigenvalue weighted by Crippen LogP contribution is -1.94. The van der Waals surface area contributed by atoms with Crippen LogP contribution in [0.15, 0.2) is 17.0 Å². The number of benzene rings is 1. The molecule has 1 heterocycles. The van der Waals surface area contributed by atoms with Gasteiger partial charge in [-0.3, -0.25) is 0 Å². The molecule has 0 bridgehead atoms. The van der Waals surface area contributed by atoms with Crippen LogP contribution in [0.4, 0.5) is 5.69 Å². The molecule has 1 aliphatic heterocycles. The Kier molecular flexibility index (Phi) is 1.77. The Bertz CT molecular complexity index is 314. The molecule has 0 aromatic heterocycles. The molecule has 2 N–H and O–H groups in total. The first-order valence-electron chi connectivity index (χ1n) is 3.55. The molecule has 0 aliphatic carbocycles. The quantitative estimate of drug-likeness (QED) is 0.532. The summed E-state index contributed by atoms with van der Waals surface area (Å²) < 4.78 is 10.5. The van der Waals surface area contributed by atoms with Crippen molar-refractivity contribution in [3.05, 3.63) is 12.1 Å². The second kappa shape index (κ2) is 2.79. The van der Waals surface area contributed by atoms with Gasteiger partial charge in [0.2, 0.25) is 6.79 Å². The Labute approximate surface area is 74.8 Å². The van der Waals surface area contributed by atoms with Gasteiger partial charge in [-0.05, 0) is 18.4 Å². The average Bonchev–Trinajstić information content (AvgIpc) is 2.54. The number of ether oxygens (including phenoxy) is 2. The first-order valence-corrected chi connectivity index (χ1v) is 4.77. The molecular formula is C8H9NO2S. The van der Waals surface area contributed by atoms with E-state index in [1.807, 2.05) is 18.4 Å². The zero-order valence-corrected chi connectivity index (χ0v) is 7.48. The van der Waals surface area contributed by atoms with Gasteiger partial charge in [0.25, 0.3) is 0 Å². The van der Waals surface area contributed by atoms with Crippen molar-refractivity contribution in [3.63, 3.8) is 0 Å². The van der Waals surface area contributed by atoms with Gasteiger partial charge in [-0.15, -0.1) is 11.8 Å². The second-order valence-electron chi connectivity index (χ2n) is 2.42. The number of nitrogens with two attached hydrogens (primary N) is 1. The lowest BCUT2D eigenvalue weighted by molar-refractivity contribution is 0.172. The van der Waals surface area contributed by atoms with Crippen LogP contribution >= 0.6 is 11.8 Å². The molecule has 1 aromatic rings. The predicted molar refractivity (Wildman–Crippen MR) is 48.8 cm³/mol. The Hall–Kier alpha value is -1.03. The van der Waals surface area contributed by atoms with Gasteiger partial charge in [0.15, 0.2) is 11.5 Å². The maximum atomic E-state index is 5.68. The zero-order chi connectivity index (χ0) is 8.55. The summed E-state index contributed by atoms with van der Waals surface area (Å²) in [5, 5.41) is 0.